The van der Waals surface area contributed by atoms with Gasteiger partial charge in [0, 0.05) is 0 Å². The molecule has 0 unspecified atom stereocenters. The largest absolute Gasteiger partial charge is 0.508 e. The molecule has 1 fully saturated rings. The number of aromatic hydroxyl groups is 1. The second kappa shape index (κ2) is 4.63. The van der Waals surface area contributed by atoms with Crippen molar-refractivity contribution in [1.29, 1.82) is 0 Å². The molecule has 0 amide bonds. The Labute approximate surface area is 108 Å². The maximum atomic E-state index is 11.5. The lowest BCUT2D eigenvalue weighted by Gasteiger charge is -2.28. The maximum absolute atomic E-state index is 11.5. The van der Waals surface area contributed by atoms with E-state index in [9.17, 15) is 9.90 Å². The van der Waals surface area contributed by atoms with Gasteiger partial charge in [0.2, 0.25) is 0 Å². The van der Waals surface area contributed by atoms with Crippen molar-refractivity contribution in [2.24, 2.45) is 5.41 Å². The number of hydrogen-bond acceptors (Lipinski definition) is 3. The Hall–Kier alpha value is -1.51. The highest BCUT2D eigenvalue weighted by Gasteiger charge is 2.37. The minimum absolute atomic E-state index is 0.173. The Morgan fingerprint density at radius 3 is 2.72 bits per heavy atom. The van der Waals surface area contributed by atoms with Crippen LogP contribution >= 0.6 is 0 Å². The van der Waals surface area contributed by atoms with Crippen LogP contribution in [0.5, 0.6) is 5.75 Å². The summed E-state index contributed by atoms with van der Waals surface area (Å²) < 4.78 is 4.73. The van der Waals surface area contributed by atoms with E-state index >= 15 is 0 Å². The predicted molar refractivity (Wildman–Crippen MR) is 69.8 cm³/mol. The zero-order chi connectivity index (χ0) is 13.3. The Kier molecular flexibility index (Phi) is 3.33. The van der Waals surface area contributed by atoms with Gasteiger partial charge in [0.25, 0.3) is 0 Å². The molecule has 3 heteroatoms. The van der Waals surface area contributed by atoms with Crippen molar-refractivity contribution < 1.29 is 14.6 Å². The van der Waals surface area contributed by atoms with E-state index in [1.807, 2.05) is 0 Å². The van der Waals surface area contributed by atoms with Crippen LogP contribution in [0.3, 0.4) is 0 Å². The molecule has 1 aromatic rings. The number of methoxy groups -OCH3 is 1. The molecule has 98 valence electrons. The third kappa shape index (κ3) is 2.22. The standard InChI is InChI=1S/C15H20O3/c1-15(2)8-4-5-12(15)11-9-10(14(17)18-3)6-7-13(11)16/h6-7,9,12,16H,4-5,8H2,1-3H3/t12-/m0/s1. The van der Waals surface area contributed by atoms with Gasteiger partial charge in [-0.1, -0.05) is 20.3 Å². The molecule has 0 spiro atoms. The Bertz CT molecular complexity index is 463. The zero-order valence-electron chi connectivity index (χ0n) is 11.2. The van der Waals surface area contributed by atoms with Gasteiger partial charge in [-0.05, 0) is 47.9 Å². The highest BCUT2D eigenvalue weighted by Crippen LogP contribution is 2.50. The van der Waals surface area contributed by atoms with Crippen molar-refractivity contribution in [2.45, 2.75) is 39.0 Å². The summed E-state index contributed by atoms with van der Waals surface area (Å²) in [7, 11) is 1.37. The number of carbonyl (C=O) groups excluding carboxylic acids is 1. The van der Waals surface area contributed by atoms with Crippen molar-refractivity contribution in [3.63, 3.8) is 0 Å². The summed E-state index contributed by atoms with van der Waals surface area (Å²) in [6.45, 7) is 4.43. The Morgan fingerprint density at radius 1 is 1.44 bits per heavy atom. The first kappa shape index (κ1) is 12.9. The second-order valence-electron chi connectivity index (χ2n) is 5.70. The fourth-order valence-corrected chi connectivity index (χ4v) is 2.98. The van der Waals surface area contributed by atoms with Gasteiger partial charge < -0.3 is 9.84 Å². The van der Waals surface area contributed by atoms with Gasteiger partial charge in [-0.2, -0.15) is 0 Å². The number of ether oxygens (including phenoxy) is 1. The smallest absolute Gasteiger partial charge is 0.337 e. The summed E-state index contributed by atoms with van der Waals surface area (Å²) >= 11 is 0. The van der Waals surface area contributed by atoms with Crippen LogP contribution in [0.25, 0.3) is 0 Å². The normalized spacial score (nSPS) is 21.8. The quantitative estimate of drug-likeness (QED) is 0.815. The van der Waals surface area contributed by atoms with Crippen LogP contribution in [0.2, 0.25) is 0 Å². The zero-order valence-corrected chi connectivity index (χ0v) is 11.2. The third-order valence-corrected chi connectivity index (χ3v) is 4.08. The van der Waals surface area contributed by atoms with Crippen LogP contribution in [0.1, 0.15) is 54.9 Å². The number of phenols is 1. The molecule has 0 radical (unpaired) electrons. The summed E-state index contributed by atoms with van der Waals surface area (Å²) in [6.07, 6.45) is 3.38. The molecular weight excluding hydrogens is 228 g/mol. The molecule has 1 saturated carbocycles. The first-order valence-corrected chi connectivity index (χ1v) is 6.37. The molecule has 18 heavy (non-hydrogen) atoms. The molecule has 2 rings (SSSR count). The van der Waals surface area contributed by atoms with Crippen LogP contribution in [0.4, 0.5) is 0 Å². The van der Waals surface area contributed by atoms with E-state index in [0.717, 1.165) is 18.4 Å². The monoisotopic (exact) mass is 248 g/mol. The molecule has 1 aromatic carbocycles. The van der Waals surface area contributed by atoms with E-state index in [0.29, 0.717) is 11.5 Å². The summed E-state index contributed by atoms with van der Waals surface area (Å²) in [5, 5.41) is 10.0. The first-order valence-electron chi connectivity index (χ1n) is 6.37. The lowest BCUT2D eigenvalue weighted by atomic mass is 9.77. The van der Waals surface area contributed by atoms with Crippen LogP contribution in [0.15, 0.2) is 18.2 Å². The van der Waals surface area contributed by atoms with Gasteiger partial charge in [0.1, 0.15) is 5.75 Å². The molecule has 0 aromatic heterocycles. The molecule has 1 aliphatic rings. The van der Waals surface area contributed by atoms with Crippen LogP contribution in [-0.4, -0.2) is 18.2 Å². The molecular formula is C15H20O3. The second-order valence-corrected chi connectivity index (χ2v) is 5.70. The van der Waals surface area contributed by atoms with Crippen molar-refractivity contribution >= 4 is 5.97 Å². The van der Waals surface area contributed by atoms with Gasteiger partial charge in [-0.25, -0.2) is 4.79 Å². The van der Waals surface area contributed by atoms with Crippen molar-refractivity contribution in [2.75, 3.05) is 7.11 Å². The fraction of sp³-hybridized carbons (Fsp3) is 0.533. The Balaban J connectivity index is 2.41. The molecule has 1 N–H and O–H groups in total. The lowest BCUT2D eigenvalue weighted by molar-refractivity contribution is 0.0600. The molecule has 0 bridgehead atoms. The van der Waals surface area contributed by atoms with E-state index in [-0.39, 0.29) is 17.1 Å². The topological polar surface area (TPSA) is 46.5 Å². The highest BCUT2D eigenvalue weighted by atomic mass is 16.5. The molecule has 0 saturated heterocycles. The van der Waals surface area contributed by atoms with Gasteiger partial charge >= 0.3 is 5.97 Å². The van der Waals surface area contributed by atoms with E-state index in [4.69, 9.17) is 4.74 Å². The third-order valence-electron chi connectivity index (χ3n) is 4.08. The Morgan fingerprint density at radius 2 is 2.17 bits per heavy atom. The number of carbonyl (C=O) groups is 1. The number of phenolic OH excluding ortho intramolecular Hbond substituents is 1. The number of benzene rings is 1. The predicted octanol–water partition coefficient (Wildman–Crippen LogP) is 3.47. The maximum Gasteiger partial charge on any atom is 0.337 e. The molecule has 0 heterocycles. The van der Waals surface area contributed by atoms with Crippen molar-refractivity contribution in [3.05, 3.63) is 29.3 Å². The summed E-state index contributed by atoms with van der Waals surface area (Å²) in [5.41, 5.74) is 1.56. The first-order chi connectivity index (χ1) is 8.45. The summed E-state index contributed by atoms with van der Waals surface area (Å²) in [6, 6.07) is 4.97. The highest BCUT2D eigenvalue weighted by molar-refractivity contribution is 5.89. The molecule has 1 atom stereocenters. The summed E-state index contributed by atoms with van der Waals surface area (Å²) in [4.78, 5) is 11.5. The molecule has 3 nitrogen and oxygen atoms in total. The minimum Gasteiger partial charge on any atom is -0.508 e. The van der Waals surface area contributed by atoms with Crippen molar-refractivity contribution in [3.8, 4) is 5.75 Å². The average molecular weight is 248 g/mol. The van der Waals surface area contributed by atoms with Gasteiger partial charge in [-0.15, -0.1) is 0 Å². The van der Waals surface area contributed by atoms with Crippen LogP contribution in [0, 0.1) is 5.41 Å². The van der Waals surface area contributed by atoms with E-state index < -0.39 is 0 Å². The fourth-order valence-electron chi connectivity index (χ4n) is 2.98. The average Bonchev–Trinajstić information content (AvgIpc) is 2.68. The number of rotatable bonds is 2. The summed E-state index contributed by atoms with van der Waals surface area (Å²) in [5.74, 6) is 0.233. The van der Waals surface area contributed by atoms with Gasteiger partial charge in [0.05, 0.1) is 12.7 Å². The molecule has 0 aliphatic heterocycles. The van der Waals surface area contributed by atoms with E-state index in [1.54, 1.807) is 18.2 Å². The van der Waals surface area contributed by atoms with Crippen LogP contribution < -0.4 is 0 Å². The van der Waals surface area contributed by atoms with E-state index in [1.165, 1.54) is 13.5 Å². The number of esters is 1. The number of hydrogen-bond donors (Lipinski definition) is 1. The molecule has 1 aliphatic carbocycles. The lowest BCUT2D eigenvalue weighted by Crippen LogP contribution is -2.16. The SMILES string of the molecule is COC(=O)c1ccc(O)c([C@@H]2CCCC2(C)C)c1. The van der Waals surface area contributed by atoms with Gasteiger partial charge in [-0.3, -0.25) is 0 Å². The van der Waals surface area contributed by atoms with Crippen molar-refractivity contribution in [1.82, 2.24) is 0 Å². The minimum atomic E-state index is -0.355. The van der Waals surface area contributed by atoms with Crippen LogP contribution in [-0.2, 0) is 4.74 Å². The van der Waals surface area contributed by atoms with Gasteiger partial charge in [0.15, 0.2) is 0 Å². The van der Waals surface area contributed by atoms with E-state index in [2.05, 4.69) is 13.8 Å².